The molecule has 0 aliphatic carbocycles. The summed E-state index contributed by atoms with van der Waals surface area (Å²) in [4.78, 5) is 22.8. The maximum absolute atomic E-state index is 13.9. The Morgan fingerprint density at radius 1 is 1.50 bits per heavy atom. The molecule has 0 heterocycles. The van der Waals surface area contributed by atoms with E-state index in [0.717, 1.165) is 6.07 Å². The number of nitro groups is 1. The summed E-state index contributed by atoms with van der Waals surface area (Å²) in [6.45, 7) is 3.08. The van der Waals surface area contributed by atoms with Gasteiger partial charge < -0.3 is 4.74 Å². The van der Waals surface area contributed by atoms with Crippen LogP contribution < -0.4 is 0 Å². The van der Waals surface area contributed by atoms with Crippen LogP contribution in [-0.4, -0.2) is 36.0 Å². The minimum atomic E-state index is -0.825. The first-order valence-corrected chi connectivity index (χ1v) is 6.20. The van der Waals surface area contributed by atoms with Crippen molar-refractivity contribution in [3.8, 4) is 0 Å². The van der Waals surface area contributed by atoms with Gasteiger partial charge in [0.05, 0.1) is 18.5 Å². The highest BCUT2D eigenvalue weighted by Crippen LogP contribution is 2.21. The summed E-state index contributed by atoms with van der Waals surface area (Å²) >= 11 is 0. The van der Waals surface area contributed by atoms with E-state index in [-0.39, 0.29) is 24.5 Å². The smallest absolute Gasteiger partial charge is 0.306 e. The number of benzene rings is 1. The molecule has 0 spiro atoms. The van der Waals surface area contributed by atoms with Crippen molar-refractivity contribution >= 4 is 11.7 Å². The van der Waals surface area contributed by atoms with Crippen molar-refractivity contribution in [1.82, 2.24) is 4.90 Å². The number of halogens is 1. The molecule has 0 unspecified atom stereocenters. The number of methoxy groups -OCH3 is 1. The first-order chi connectivity index (χ1) is 9.49. The summed E-state index contributed by atoms with van der Waals surface area (Å²) in [5.74, 6) is -1.17. The van der Waals surface area contributed by atoms with Gasteiger partial charge in [0.15, 0.2) is 0 Å². The van der Waals surface area contributed by atoms with Crippen LogP contribution in [0.1, 0.15) is 18.9 Å². The van der Waals surface area contributed by atoms with Crippen molar-refractivity contribution in [2.24, 2.45) is 0 Å². The number of carbonyl (C=O) groups is 1. The third kappa shape index (κ3) is 4.27. The summed E-state index contributed by atoms with van der Waals surface area (Å²) in [5, 5.41) is 10.7. The maximum atomic E-state index is 13.9. The predicted octanol–water partition coefficient (Wildman–Crippen LogP) is 2.12. The Labute approximate surface area is 116 Å². The maximum Gasteiger partial charge on any atom is 0.306 e. The lowest BCUT2D eigenvalue weighted by molar-refractivity contribution is -0.387. The van der Waals surface area contributed by atoms with Crippen LogP contribution in [0.15, 0.2) is 18.2 Å². The molecule has 0 N–H and O–H groups in total. The van der Waals surface area contributed by atoms with Gasteiger partial charge in [-0.3, -0.25) is 19.8 Å². The number of esters is 1. The normalized spacial score (nSPS) is 10.6. The molecule has 0 amide bonds. The average molecular weight is 284 g/mol. The molecule has 1 rings (SSSR count). The van der Waals surface area contributed by atoms with Crippen molar-refractivity contribution in [1.29, 1.82) is 0 Å². The molecule has 0 aliphatic heterocycles. The van der Waals surface area contributed by atoms with Gasteiger partial charge in [-0.05, 0) is 6.54 Å². The molecule has 0 atom stereocenters. The van der Waals surface area contributed by atoms with E-state index < -0.39 is 16.4 Å². The van der Waals surface area contributed by atoms with E-state index in [9.17, 15) is 19.3 Å². The molecular weight excluding hydrogens is 267 g/mol. The lowest BCUT2D eigenvalue weighted by Gasteiger charge is -2.19. The minimum absolute atomic E-state index is 0.195. The molecule has 20 heavy (non-hydrogen) atoms. The zero-order chi connectivity index (χ0) is 15.1. The van der Waals surface area contributed by atoms with Gasteiger partial charge in [-0.1, -0.05) is 19.1 Å². The largest absolute Gasteiger partial charge is 0.469 e. The summed E-state index contributed by atoms with van der Waals surface area (Å²) in [6.07, 6.45) is 0.195. The summed E-state index contributed by atoms with van der Waals surface area (Å²) in [5.41, 5.74) is -0.294. The molecule has 0 saturated carbocycles. The van der Waals surface area contributed by atoms with Gasteiger partial charge in [0.25, 0.3) is 0 Å². The Balaban J connectivity index is 2.77. The van der Waals surface area contributed by atoms with Gasteiger partial charge in [0, 0.05) is 24.7 Å². The monoisotopic (exact) mass is 284 g/mol. The van der Waals surface area contributed by atoms with Gasteiger partial charge in [0.2, 0.25) is 5.82 Å². The summed E-state index contributed by atoms with van der Waals surface area (Å²) in [6, 6.07) is 4.08. The highest BCUT2D eigenvalue weighted by atomic mass is 19.1. The summed E-state index contributed by atoms with van der Waals surface area (Å²) in [7, 11) is 1.30. The fourth-order valence-electron chi connectivity index (χ4n) is 1.77. The number of hydrogen-bond donors (Lipinski definition) is 0. The minimum Gasteiger partial charge on any atom is -0.469 e. The van der Waals surface area contributed by atoms with Crippen LogP contribution >= 0.6 is 0 Å². The Kier molecular flexibility index (Phi) is 6.05. The van der Waals surface area contributed by atoms with Crippen molar-refractivity contribution < 1.29 is 18.8 Å². The molecule has 7 heteroatoms. The predicted molar refractivity (Wildman–Crippen MR) is 70.6 cm³/mol. The van der Waals surface area contributed by atoms with Crippen molar-refractivity contribution in [3.63, 3.8) is 0 Å². The molecule has 110 valence electrons. The average Bonchev–Trinajstić information content (AvgIpc) is 2.44. The van der Waals surface area contributed by atoms with Gasteiger partial charge in [0.1, 0.15) is 0 Å². The lowest BCUT2D eigenvalue weighted by Crippen LogP contribution is -2.26. The van der Waals surface area contributed by atoms with Crippen LogP contribution in [0.2, 0.25) is 0 Å². The van der Waals surface area contributed by atoms with Crippen LogP contribution in [0.5, 0.6) is 0 Å². The zero-order valence-electron chi connectivity index (χ0n) is 11.5. The first kappa shape index (κ1) is 16.0. The second-order valence-corrected chi connectivity index (χ2v) is 4.20. The van der Waals surface area contributed by atoms with Crippen LogP contribution in [0.25, 0.3) is 0 Å². The van der Waals surface area contributed by atoms with E-state index in [1.54, 1.807) is 0 Å². The standard InChI is InChI=1S/C13H17FN2O4/c1-3-15(8-7-12(17)20-2)9-10-5-4-6-11(13(10)14)16(18)19/h4-6H,3,7-9H2,1-2H3. The van der Waals surface area contributed by atoms with Crippen molar-refractivity contribution in [2.75, 3.05) is 20.2 Å². The topological polar surface area (TPSA) is 72.7 Å². The van der Waals surface area contributed by atoms with Crippen LogP contribution in [0.4, 0.5) is 10.1 Å². The van der Waals surface area contributed by atoms with Gasteiger partial charge in [-0.25, -0.2) is 0 Å². The molecule has 0 bridgehead atoms. The Hall–Kier alpha value is -2.02. The molecule has 1 aromatic carbocycles. The molecule has 0 fully saturated rings. The number of hydrogen-bond acceptors (Lipinski definition) is 5. The third-order valence-electron chi connectivity index (χ3n) is 2.96. The number of nitro benzene ring substituents is 1. The lowest BCUT2D eigenvalue weighted by atomic mass is 10.1. The first-order valence-electron chi connectivity index (χ1n) is 6.20. The molecule has 0 saturated heterocycles. The van der Waals surface area contributed by atoms with Crippen LogP contribution in [0.3, 0.4) is 0 Å². The van der Waals surface area contributed by atoms with Crippen LogP contribution in [-0.2, 0) is 16.1 Å². The number of rotatable bonds is 7. The Morgan fingerprint density at radius 3 is 2.75 bits per heavy atom. The molecule has 6 nitrogen and oxygen atoms in total. The fourth-order valence-corrected chi connectivity index (χ4v) is 1.77. The van der Waals surface area contributed by atoms with Gasteiger partial charge >= 0.3 is 11.7 Å². The summed E-state index contributed by atoms with van der Waals surface area (Å²) < 4.78 is 18.5. The van der Waals surface area contributed by atoms with Crippen LogP contribution in [0, 0.1) is 15.9 Å². The quantitative estimate of drug-likeness (QED) is 0.435. The van der Waals surface area contributed by atoms with Gasteiger partial charge in [-0.2, -0.15) is 4.39 Å². The number of carbonyl (C=O) groups excluding carboxylic acids is 1. The highest BCUT2D eigenvalue weighted by Gasteiger charge is 2.18. The SMILES string of the molecule is CCN(CCC(=O)OC)Cc1cccc([N+](=O)[O-])c1F. The molecule has 0 radical (unpaired) electrons. The number of ether oxygens (including phenoxy) is 1. The zero-order valence-corrected chi connectivity index (χ0v) is 11.5. The Morgan fingerprint density at radius 2 is 2.20 bits per heavy atom. The van der Waals surface area contributed by atoms with Gasteiger partial charge in [-0.15, -0.1) is 0 Å². The van der Waals surface area contributed by atoms with E-state index in [2.05, 4.69) is 4.74 Å². The molecule has 1 aromatic rings. The second kappa shape index (κ2) is 7.54. The number of nitrogens with zero attached hydrogens (tertiary/aromatic N) is 2. The van der Waals surface area contributed by atoms with E-state index in [1.165, 1.54) is 19.2 Å². The van der Waals surface area contributed by atoms with E-state index in [0.29, 0.717) is 13.1 Å². The van der Waals surface area contributed by atoms with E-state index >= 15 is 0 Å². The molecule has 0 aliphatic rings. The molecule has 0 aromatic heterocycles. The van der Waals surface area contributed by atoms with Crippen molar-refractivity contribution in [2.45, 2.75) is 19.9 Å². The highest BCUT2D eigenvalue weighted by molar-refractivity contribution is 5.69. The fraction of sp³-hybridized carbons (Fsp3) is 0.462. The van der Waals surface area contributed by atoms with Crippen molar-refractivity contribution in [3.05, 3.63) is 39.7 Å². The second-order valence-electron chi connectivity index (χ2n) is 4.20. The van der Waals surface area contributed by atoms with E-state index in [1.807, 2.05) is 11.8 Å². The Bertz CT molecular complexity index is 493. The molecular formula is C13H17FN2O4. The third-order valence-corrected chi connectivity index (χ3v) is 2.96. The van der Waals surface area contributed by atoms with E-state index in [4.69, 9.17) is 0 Å².